The molecule has 1 unspecified atom stereocenters. The molecule has 6 heteroatoms. The summed E-state index contributed by atoms with van der Waals surface area (Å²) in [4.78, 5) is 8.15. The van der Waals surface area contributed by atoms with Crippen molar-refractivity contribution in [2.75, 3.05) is 7.11 Å². The van der Waals surface area contributed by atoms with E-state index in [1.807, 2.05) is 0 Å². The summed E-state index contributed by atoms with van der Waals surface area (Å²) in [6.07, 6.45) is 3.08. The lowest BCUT2D eigenvalue weighted by Gasteiger charge is -2.17. The second kappa shape index (κ2) is 5.52. The summed E-state index contributed by atoms with van der Waals surface area (Å²) in [5.74, 6) is 5.55. The van der Waals surface area contributed by atoms with Gasteiger partial charge in [-0.05, 0) is 24.3 Å². The van der Waals surface area contributed by atoms with E-state index >= 15 is 0 Å². The molecule has 0 spiro atoms. The molecule has 0 aliphatic heterocycles. The van der Waals surface area contributed by atoms with Gasteiger partial charge in [-0.25, -0.2) is 9.82 Å². The first-order valence-electron chi connectivity index (χ1n) is 5.33. The van der Waals surface area contributed by atoms with E-state index in [-0.39, 0.29) is 5.69 Å². The fourth-order valence-corrected chi connectivity index (χ4v) is 1.69. The summed E-state index contributed by atoms with van der Waals surface area (Å²) in [5.41, 5.74) is 3.17. The van der Waals surface area contributed by atoms with Gasteiger partial charge in [0.15, 0.2) is 0 Å². The Balaban J connectivity index is 2.49. The molecule has 0 amide bonds. The summed E-state index contributed by atoms with van der Waals surface area (Å²) in [6.45, 7) is 0. The number of hydrazine groups is 1. The van der Waals surface area contributed by atoms with Crippen molar-refractivity contribution < 1.29 is 9.13 Å². The summed E-state index contributed by atoms with van der Waals surface area (Å²) in [6, 6.07) is 5.63. The molecule has 0 saturated carbocycles. The standard InChI is InChI=1S/C12H13FN4O/c1-18-9-5-3-7-16-11(9)12(17-14)10-8(13)4-2-6-15-10/h2-7,12,17H,14H2,1H3. The minimum atomic E-state index is -0.664. The zero-order valence-corrected chi connectivity index (χ0v) is 9.80. The maximum absolute atomic E-state index is 13.7. The van der Waals surface area contributed by atoms with E-state index in [0.29, 0.717) is 11.4 Å². The molecule has 5 nitrogen and oxygen atoms in total. The summed E-state index contributed by atoms with van der Waals surface area (Å²) in [5, 5.41) is 0. The highest BCUT2D eigenvalue weighted by Gasteiger charge is 2.22. The first kappa shape index (κ1) is 12.4. The van der Waals surface area contributed by atoms with Crippen LogP contribution in [-0.2, 0) is 0 Å². The molecule has 2 aromatic heterocycles. The zero-order valence-electron chi connectivity index (χ0n) is 9.80. The van der Waals surface area contributed by atoms with Crippen LogP contribution >= 0.6 is 0 Å². The summed E-state index contributed by atoms with van der Waals surface area (Å²) in [7, 11) is 1.52. The Bertz CT molecular complexity index is 535. The molecule has 0 fully saturated rings. The largest absolute Gasteiger partial charge is 0.495 e. The Kier molecular flexibility index (Phi) is 3.81. The highest BCUT2D eigenvalue weighted by molar-refractivity contribution is 5.34. The number of halogens is 1. The number of hydrogen-bond donors (Lipinski definition) is 2. The van der Waals surface area contributed by atoms with E-state index in [0.717, 1.165) is 0 Å². The monoisotopic (exact) mass is 248 g/mol. The van der Waals surface area contributed by atoms with Crippen LogP contribution in [0.1, 0.15) is 17.4 Å². The third-order valence-corrected chi connectivity index (χ3v) is 2.52. The Morgan fingerprint density at radius 2 is 1.89 bits per heavy atom. The van der Waals surface area contributed by atoms with Gasteiger partial charge in [0.25, 0.3) is 0 Å². The summed E-state index contributed by atoms with van der Waals surface area (Å²) < 4.78 is 18.9. The predicted octanol–water partition coefficient (Wildman–Crippen LogP) is 1.18. The van der Waals surface area contributed by atoms with Crippen LogP contribution in [0.25, 0.3) is 0 Å². The second-order valence-electron chi connectivity index (χ2n) is 3.56. The van der Waals surface area contributed by atoms with Crippen LogP contribution in [0.2, 0.25) is 0 Å². The number of nitrogens with one attached hydrogen (secondary N) is 1. The van der Waals surface area contributed by atoms with Crippen molar-refractivity contribution in [3.05, 3.63) is 53.9 Å². The Morgan fingerprint density at radius 3 is 2.50 bits per heavy atom. The number of aromatic nitrogens is 2. The molecule has 2 aromatic rings. The van der Waals surface area contributed by atoms with Gasteiger partial charge in [-0.3, -0.25) is 15.8 Å². The van der Waals surface area contributed by atoms with E-state index < -0.39 is 11.9 Å². The highest BCUT2D eigenvalue weighted by Crippen LogP contribution is 2.27. The van der Waals surface area contributed by atoms with Gasteiger partial charge in [0.1, 0.15) is 29.0 Å². The smallest absolute Gasteiger partial charge is 0.146 e. The first-order chi connectivity index (χ1) is 8.77. The van der Waals surface area contributed by atoms with Gasteiger partial charge in [0, 0.05) is 12.4 Å². The molecule has 2 heterocycles. The maximum atomic E-state index is 13.7. The zero-order chi connectivity index (χ0) is 13.0. The Hall–Kier alpha value is -2.05. The molecule has 18 heavy (non-hydrogen) atoms. The molecule has 94 valence electrons. The minimum absolute atomic E-state index is 0.178. The van der Waals surface area contributed by atoms with Crippen molar-refractivity contribution in [3.63, 3.8) is 0 Å². The van der Waals surface area contributed by atoms with Crippen molar-refractivity contribution in [1.82, 2.24) is 15.4 Å². The first-order valence-corrected chi connectivity index (χ1v) is 5.33. The molecule has 0 aromatic carbocycles. The lowest BCUT2D eigenvalue weighted by molar-refractivity contribution is 0.398. The Morgan fingerprint density at radius 1 is 1.22 bits per heavy atom. The number of ether oxygens (including phenoxy) is 1. The normalized spacial score (nSPS) is 12.2. The fourth-order valence-electron chi connectivity index (χ4n) is 1.69. The topological polar surface area (TPSA) is 73.1 Å². The number of rotatable bonds is 4. The van der Waals surface area contributed by atoms with Crippen molar-refractivity contribution in [2.45, 2.75) is 6.04 Å². The maximum Gasteiger partial charge on any atom is 0.146 e. The average Bonchev–Trinajstić information content (AvgIpc) is 2.42. The molecule has 0 radical (unpaired) electrons. The van der Waals surface area contributed by atoms with E-state index in [4.69, 9.17) is 10.6 Å². The SMILES string of the molecule is COc1cccnc1C(NN)c1ncccc1F. The van der Waals surface area contributed by atoms with Crippen molar-refractivity contribution in [1.29, 1.82) is 0 Å². The number of nitrogens with two attached hydrogens (primary N) is 1. The van der Waals surface area contributed by atoms with Crippen molar-refractivity contribution >= 4 is 0 Å². The minimum Gasteiger partial charge on any atom is -0.495 e. The van der Waals surface area contributed by atoms with Gasteiger partial charge in [0.2, 0.25) is 0 Å². The number of pyridine rings is 2. The number of nitrogens with zero attached hydrogens (tertiary/aromatic N) is 2. The molecule has 0 aliphatic rings. The van der Waals surface area contributed by atoms with Crippen molar-refractivity contribution in [2.24, 2.45) is 5.84 Å². The average molecular weight is 248 g/mol. The molecular formula is C12H13FN4O. The second-order valence-corrected chi connectivity index (χ2v) is 3.56. The van der Waals surface area contributed by atoms with Crippen LogP contribution < -0.4 is 16.0 Å². The molecule has 0 saturated heterocycles. The van der Waals surface area contributed by atoms with E-state index in [9.17, 15) is 4.39 Å². The van der Waals surface area contributed by atoms with E-state index in [1.54, 1.807) is 18.3 Å². The van der Waals surface area contributed by atoms with Crippen LogP contribution in [-0.4, -0.2) is 17.1 Å². The van der Waals surface area contributed by atoms with Crippen molar-refractivity contribution in [3.8, 4) is 5.75 Å². The number of hydrogen-bond acceptors (Lipinski definition) is 5. The summed E-state index contributed by atoms with van der Waals surface area (Å²) >= 11 is 0. The highest BCUT2D eigenvalue weighted by atomic mass is 19.1. The molecule has 0 aliphatic carbocycles. The van der Waals surface area contributed by atoms with Crippen LogP contribution in [0.5, 0.6) is 5.75 Å². The predicted molar refractivity (Wildman–Crippen MR) is 64.2 cm³/mol. The Labute approximate surface area is 104 Å². The lowest BCUT2D eigenvalue weighted by atomic mass is 10.1. The van der Waals surface area contributed by atoms with E-state index in [2.05, 4.69) is 15.4 Å². The van der Waals surface area contributed by atoms with Gasteiger partial charge in [-0.2, -0.15) is 0 Å². The van der Waals surface area contributed by atoms with Gasteiger partial charge >= 0.3 is 0 Å². The molecular weight excluding hydrogens is 235 g/mol. The van der Waals surface area contributed by atoms with E-state index in [1.165, 1.54) is 25.4 Å². The van der Waals surface area contributed by atoms with Crippen LogP contribution in [0.3, 0.4) is 0 Å². The number of methoxy groups -OCH3 is 1. The quantitative estimate of drug-likeness (QED) is 0.628. The van der Waals surface area contributed by atoms with Gasteiger partial charge < -0.3 is 4.74 Å². The molecule has 2 rings (SSSR count). The third kappa shape index (κ3) is 2.29. The fraction of sp³-hybridized carbons (Fsp3) is 0.167. The van der Waals surface area contributed by atoms with Gasteiger partial charge in [-0.15, -0.1) is 0 Å². The van der Waals surface area contributed by atoms with Gasteiger partial charge in [-0.1, -0.05) is 0 Å². The van der Waals surface area contributed by atoms with Crippen LogP contribution in [0, 0.1) is 5.82 Å². The third-order valence-electron chi connectivity index (χ3n) is 2.52. The molecule has 1 atom stereocenters. The molecule has 3 N–H and O–H groups in total. The lowest BCUT2D eigenvalue weighted by Crippen LogP contribution is -2.31. The van der Waals surface area contributed by atoms with Gasteiger partial charge in [0.05, 0.1) is 7.11 Å². The van der Waals surface area contributed by atoms with Crippen LogP contribution in [0.4, 0.5) is 4.39 Å². The molecule has 0 bridgehead atoms. The van der Waals surface area contributed by atoms with Crippen LogP contribution in [0.15, 0.2) is 36.7 Å².